The van der Waals surface area contributed by atoms with Crippen LogP contribution in [0.1, 0.15) is 23.7 Å². The van der Waals surface area contributed by atoms with Gasteiger partial charge in [0.1, 0.15) is 0 Å². The standard InChI is InChI=1S/C16H21N5O2/c1-3-17-16(19-8-13-9-20-21-11(13)2)18-7-12-4-5-14-15(6-12)23-10-22-14/h4-6,9H,3,7-8,10H2,1-2H3,(H,20,21)(H2,17,18,19). The van der Waals surface area contributed by atoms with Crippen molar-refractivity contribution >= 4 is 5.96 Å². The van der Waals surface area contributed by atoms with Crippen molar-refractivity contribution in [1.29, 1.82) is 0 Å². The molecular weight excluding hydrogens is 294 g/mol. The smallest absolute Gasteiger partial charge is 0.231 e. The second kappa shape index (κ2) is 7.04. The quantitative estimate of drug-likeness (QED) is 0.578. The maximum absolute atomic E-state index is 5.39. The molecule has 1 aliphatic rings. The highest BCUT2D eigenvalue weighted by Crippen LogP contribution is 2.32. The molecular formula is C16H21N5O2. The molecule has 0 unspecified atom stereocenters. The minimum Gasteiger partial charge on any atom is -0.454 e. The van der Waals surface area contributed by atoms with Gasteiger partial charge in [0.15, 0.2) is 17.5 Å². The molecule has 0 saturated heterocycles. The SMILES string of the molecule is CCNC(=NCc1ccc2c(c1)OCO2)NCc1cn[nH]c1C. The van der Waals surface area contributed by atoms with E-state index in [1.54, 1.807) is 0 Å². The number of hydrogen-bond donors (Lipinski definition) is 3. The van der Waals surface area contributed by atoms with Gasteiger partial charge in [-0.3, -0.25) is 5.10 Å². The number of aromatic nitrogens is 2. The summed E-state index contributed by atoms with van der Waals surface area (Å²) < 4.78 is 10.7. The van der Waals surface area contributed by atoms with E-state index in [2.05, 4.69) is 25.8 Å². The van der Waals surface area contributed by atoms with Crippen LogP contribution in [0.25, 0.3) is 0 Å². The molecule has 122 valence electrons. The fourth-order valence-electron chi connectivity index (χ4n) is 2.28. The molecule has 1 aliphatic heterocycles. The summed E-state index contributed by atoms with van der Waals surface area (Å²) in [6.45, 7) is 6.38. The number of rotatable bonds is 5. The summed E-state index contributed by atoms with van der Waals surface area (Å²) in [7, 11) is 0. The molecule has 0 fully saturated rings. The van der Waals surface area contributed by atoms with E-state index in [0.29, 0.717) is 13.1 Å². The fraction of sp³-hybridized carbons (Fsp3) is 0.375. The topological polar surface area (TPSA) is 83.6 Å². The molecule has 3 rings (SSSR count). The van der Waals surface area contributed by atoms with E-state index in [-0.39, 0.29) is 6.79 Å². The maximum atomic E-state index is 5.39. The molecule has 2 aromatic rings. The lowest BCUT2D eigenvalue weighted by atomic mass is 10.2. The molecule has 0 aliphatic carbocycles. The Morgan fingerprint density at radius 3 is 2.96 bits per heavy atom. The number of fused-ring (bicyclic) bond motifs is 1. The van der Waals surface area contributed by atoms with Crippen LogP contribution in [0, 0.1) is 6.92 Å². The highest BCUT2D eigenvalue weighted by Gasteiger charge is 2.13. The van der Waals surface area contributed by atoms with E-state index < -0.39 is 0 Å². The van der Waals surface area contributed by atoms with Crippen molar-refractivity contribution < 1.29 is 9.47 Å². The van der Waals surface area contributed by atoms with Crippen molar-refractivity contribution in [3.63, 3.8) is 0 Å². The van der Waals surface area contributed by atoms with Gasteiger partial charge in [-0.05, 0) is 31.5 Å². The summed E-state index contributed by atoms with van der Waals surface area (Å²) in [5.74, 6) is 2.34. The Balaban J connectivity index is 1.63. The second-order valence-electron chi connectivity index (χ2n) is 5.26. The Kier molecular flexibility index (Phi) is 4.65. The normalized spacial score (nSPS) is 13.2. The van der Waals surface area contributed by atoms with E-state index in [0.717, 1.165) is 40.8 Å². The molecule has 7 heteroatoms. The Labute approximate surface area is 135 Å². The lowest BCUT2D eigenvalue weighted by molar-refractivity contribution is 0.174. The number of aryl methyl sites for hydroxylation is 1. The van der Waals surface area contributed by atoms with Crippen LogP contribution in [0.15, 0.2) is 29.4 Å². The summed E-state index contributed by atoms with van der Waals surface area (Å²) in [5.41, 5.74) is 3.26. The molecule has 0 radical (unpaired) electrons. The van der Waals surface area contributed by atoms with Crippen molar-refractivity contribution in [3.8, 4) is 11.5 Å². The number of nitrogens with zero attached hydrogens (tertiary/aromatic N) is 2. The molecule has 1 aromatic carbocycles. The predicted octanol–water partition coefficient (Wildman–Crippen LogP) is 1.70. The number of H-pyrrole nitrogens is 1. The maximum Gasteiger partial charge on any atom is 0.231 e. The number of nitrogens with one attached hydrogen (secondary N) is 3. The number of aliphatic imine (C=N–C) groups is 1. The van der Waals surface area contributed by atoms with Gasteiger partial charge in [-0.1, -0.05) is 6.07 Å². The third-order valence-electron chi connectivity index (χ3n) is 3.58. The predicted molar refractivity (Wildman–Crippen MR) is 87.5 cm³/mol. The van der Waals surface area contributed by atoms with Gasteiger partial charge in [0.2, 0.25) is 6.79 Å². The van der Waals surface area contributed by atoms with Crippen LogP contribution in [0.5, 0.6) is 11.5 Å². The van der Waals surface area contributed by atoms with Gasteiger partial charge in [-0.2, -0.15) is 5.10 Å². The van der Waals surface area contributed by atoms with Crippen LogP contribution in [0.2, 0.25) is 0 Å². The lowest BCUT2D eigenvalue weighted by Gasteiger charge is -2.11. The number of benzene rings is 1. The van der Waals surface area contributed by atoms with E-state index in [1.807, 2.05) is 38.2 Å². The summed E-state index contributed by atoms with van der Waals surface area (Å²) >= 11 is 0. The number of ether oxygens (including phenoxy) is 2. The summed E-state index contributed by atoms with van der Waals surface area (Å²) in [4.78, 5) is 4.61. The van der Waals surface area contributed by atoms with E-state index in [9.17, 15) is 0 Å². The van der Waals surface area contributed by atoms with Crippen molar-refractivity contribution in [2.45, 2.75) is 26.9 Å². The summed E-state index contributed by atoms with van der Waals surface area (Å²) in [5, 5.41) is 13.5. The first-order chi connectivity index (χ1) is 11.3. The molecule has 7 nitrogen and oxygen atoms in total. The van der Waals surface area contributed by atoms with Gasteiger partial charge in [0, 0.05) is 24.3 Å². The first kappa shape index (κ1) is 15.2. The van der Waals surface area contributed by atoms with Gasteiger partial charge >= 0.3 is 0 Å². The minimum atomic E-state index is 0.288. The molecule has 0 atom stereocenters. The average molecular weight is 315 g/mol. The number of guanidine groups is 1. The molecule has 23 heavy (non-hydrogen) atoms. The molecule has 0 amide bonds. The first-order valence-electron chi connectivity index (χ1n) is 7.66. The summed E-state index contributed by atoms with van der Waals surface area (Å²) in [6.07, 6.45) is 1.82. The molecule has 1 aromatic heterocycles. The number of hydrogen-bond acceptors (Lipinski definition) is 4. The van der Waals surface area contributed by atoms with Crippen LogP contribution < -0.4 is 20.1 Å². The molecule has 3 N–H and O–H groups in total. The largest absolute Gasteiger partial charge is 0.454 e. The molecule has 2 heterocycles. The van der Waals surface area contributed by atoms with Crippen LogP contribution >= 0.6 is 0 Å². The van der Waals surface area contributed by atoms with Crippen LogP contribution in [-0.2, 0) is 13.1 Å². The zero-order chi connectivity index (χ0) is 16.1. The van der Waals surface area contributed by atoms with Crippen molar-refractivity contribution in [2.24, 2.45) is 4.99 Å². The highest BCUT2D eigenvalue weighted by molar-refractivity contribution is 5.79. The third kappa shape index (κ3) is 3.74. The average Bonchev–Trinajstić information content (AvgIpc) is 3.18. The van der Waals surface area contributed by atoms with E-state index >= 15 is 0 Å². The first-order valence-corrected chi connectivity index (χ1v) is 7.66. The van der Waals surface area contributed by atoms with E-state index in [1.165, 1.54) is 0 Å². The third-order valence-corrected chi connectivity index (χ3v) is 3.58. The van der Waals surface area contributed by atoms with Crippen LogP contribution in [-0.4, -0.2) is 29.5 Å². The number of aromatic amines is 1. The van der Waals surface area contributed by atoms with Crippen molar-refractivity contribution in [2.75, 3.05) is 13.3 Å². The van der Waals surface area contributed by atoms with Crippen LogP contribution in [0.3, 0.4) is 0 Å². The Morgan fingerprint density at radius 1 is 1.30 bits per heavy atom. The molecule has 0 saturated carbocycles. The minimum absolute atomic E-state index is 0.288. The van der Waals surface area contributed by atoms with Gasteiger partial charge < -0.3 is 20.1 Å². The fourth-order valence-corrected chi connectivity index (χ4v) is 2.28. The molecule has 0 spiro atoms. The Morgan fingerprint density at radius 2 is 2.17 bits per heavy atom. The second-order valence-corrected chi connectivity index (χ2v) is 5.26. The van der Waals surface area contributed by atoms with Crippen molar-refractivity contribution in [1.82, 2.24) is 20.8 Å². The van der Waals surface area contributed by atoms with Gasteiger partial charge in [0.25, 0.3) is 0 Å². The van der Waals surface area contributed by atoms with Crippen LogP contribution in [0.4, 0.5) is 0 Å². The monoisotopic (exact) mass is 315 g/mol. The molecule has 0 bridgehead atoms. The highest BCUT2D eigenvalue weighted by atomic mass is 16.7. The lowest BCUT2D eigenvalue weighted by Crippen LogP contribution is -2.36. The van der Waals surface area contributed by atoms with Gasteiger partial charge in [0.05, 0.1) is 12.7 Å². The Hall–Kier alpha value is -2.70. The Bertz CT molecular complexity index is 696. The van der Waals surface area contributed by atoms with E-state index in [4.69, 9.17) is 9.47 Å². The van der Waals surface area contributed by atoms with Gasteiger partial charge in [-0.25, -0.2) is 4.99 Å². The van der Waals surface area contributed by atoms with Crippen molar-refractivity contribution in [3.05, 3.63) is 41.2 Å². The van der Waals surface area contributed by atoms with Gasteiger partial charge in [-0.15, -0.1) is 0 Å². The zero-order valence-corrected chi connectivity index (χ0v) is 13.3. The summed E-state index contributed by atoms with van der Waals surface area (Å²) in [6, 6.07) is 5.89. The zero-order valence-electron chi connectivity index (χ0n) is 13.3.